The fourth-order valence-electron chi connectivity index (χ4n) is 1.90. The smallest absolute Gasteiger partial charge is 0.0575 e. The molecule has 96 valence electrons. The van der Waals surface area contributed by atoms with Gasteiger partial charge in [0.15, 0.2) is 0 Å². The van der Waals surface area contributed by atoms with Crippen LogP contribution in [0.4, 0.5) is 0 Å². The van der Waals surface area contributed by atoms with Gasteiger partial charge in [-0.05, 0) is 38.6 Å². The largest absolute Gasteiger partial charge is 0.316 e. The van der Waals surface area contributed by atoms with Gasteiger partial charge < -0.3 is 11.1 Å². The lowest BCUT2D eigenvalue weighted by atomic mass is 9.87. The topological polar surface area (TPSA) is 38.0 Å². The van der Waals surface area contributed by atoms with E-state index < -0.39 is 0 Å². The molecule has 0 aromatic heterocycles. The predicted molar refractivity (Wildman–Crippen MR) is 73.3 cm³/mol. The Morgan fingerprint density at radius 3 is 2.44 bits per heavy atom. The molecule has 0 radical (unpaired) electrons. The summed E-state index contributed by atoms with van der Waals surface area (Å²) in [6.45, 7) is 8.96. The first-order chi connectivity index (χ1) is 7.54. The molecule has 0 spiro atoms. The van der Waals surface area contributed by atoms with Gasteiger partial charge in [0.2, 0.25) is 0 Å². The van der Waals surface area contributed by atoms with Gasteiger partial charge in [0.25, 0.3) is 0 Å². The average molecular weight is 226 g/mol. The zero-order valence-corrected chi connectivity index (χ0v) is 11.7. The minimum Gasteiger partial charge on any atom is -0.316 e. The molecular formula is C14H30N2. The van der Waals surface area contributed by atoms with Crippen molar-refractivity contribution in [3.8, 4) is 0 Å². The highest BCUT2D eigenvalue weighted by Gasteiger charge is 2.18. The molecule has 0 saturated heterocycles. The summed E-state index contributed by atoms with van der Waals surface area (Å²) in [5.41, 5.74) is 7.47. The van der Waals surface area contributed by atoms with Crippen molar-refractivity contribution in [2.24, 2.45) is 17.6 Å². The van der Waals surface area contributed by atoms with Crippen LogP contribution < -0.4 is 11.1 Å². The fourth-order valence-corrected chi connectivity index (χ4v) is 1.90. The Balaban J connectivity index is 4.09. The number of rotatable bonds is 8. The van der Waals surface area contributed by atoms with E-state index in [-0.39, 0.29) is 6.17 Å². The lowest BCUT2D eigenvalue weighted by molar-refractivity contribution is 0.330. The molecule has 0 amide bonds. The molecule has 0 aromatic rings. The van der Waals surface area contributed by atoms with E-state index >= 15 is 0 Å². The predicted octanol–water partition coefficient (Wildman–Crippen LogP) is 3.29. The number of allylic oxidation sites excluding steroid dienone is 2. The molecule has 0 rings (SSSR count). The monoisotopic (exact) mass is 226 g/mol. The van der Waals surface area contributed by atoms with Gasteiger partial charge in [0, 0.05) is 0 Å². The summed E-state index contributed by atoms with van der Waals surface area (Å²) < 4.78 is 0. The Hall–Kier alpha value is -0.340. The quantitative estimate of drug-likeness (QED) is 0.379. The average Bonchev–Trinajstić information content (AvgIpc) is 2.31. The van der Waals surface area contributed by atoms with E-state index in [9.17, 15) is 0 Å². The Labute approximate surface area is 102 Å². The maximum atomic E-state index is 5.99. The highest BCUT2D eigenvalue weighted by molar-refractivity contribution is 5.04. The molecule has 3 N–H and O–H groups in total. The summed E-state index contributed by atoms with van der Waals surface area (Å²) in [5, 5.41) is 3.13. The maximum Gasteiger partial charge on any atom is 0.0575 e. The first kappa shape index (κ1) is 15.7. The molecule has 0 bridgehead atoms. The normalized spacial score (nSPS) is 18.2. The minimum atomic E-state index is 0.0917. The molecule has 3 atom stereocenters. The molecule has 16 heavy (non-hydrogen) atoms. The fraction of sp³-hybridized carbons (Fsp3) is 0.857. The van der Waals surface area contributed by atoms with E-state index in [0.717, 1.165) is 0 Å². The maximum absolute atomic E-state index is 5.99. The molecule has 0 saturated carbocycles. The molecule has 1 unspecified atom stereocenters. The van der Waals surface area contributed by atoms with Crippen molar-refractivity contribution in [3.63, 3.8) is 0 Å². The van der Waals surface area contributed by atoms with E-state index in [1.165, 1.54) is 31.3 Å². The van der Waals surface area contributed by atoms with Gasteiger partial charge in [-0.1, -0.05) is 45.3 Å². The van der Waals surface area contributed by atoms with Crippen molar-refractivity contribution < 1.29 is 0 Å². The van der Waals surface area contributed by atoms with Gasteiger partial charge in [-0.3, -0.25) is 0 Å². The van der Waals surface area contributed by atoms with E-state index in [0.29, 0.717) is 11.8 Å². The molecule has 0 aromatic carbocycles. The summed E-state index contributed by atoms with van der Waals surface area (Å²) >= 11 is 0. The number of nitrogens with two attached hydrogens (primary N) is 1. The molecule has 2 nitrogen and oxygen atoms in total. The number of nitrogens with one attached hydrogen (secondary N) is 1. The molecule has 0 aliphatic carbocycles. The van der Waals surface area contributed by atoms with Crippen LogP contribution in [0.3, 0.4) is 0 Å². The molecule has 2 heteroatoms. The lowest BCUT2D eigenvalue weighted by Crippen LogP contribution is -2.43. The highest BCUT2D eigenvalue weighted by Crippen LogP contribution is 2.22. The molecule has 0 aliphatic heterocycles. The van der Waals surface area contributed by atoms with E-state index in [2.05, 4.69) is 39.1 Å². The Bertz CT molecular complexity index is 199. The van der Waals surface area contributed by atoms with Crippen LogP contribution in [-0.4, -0.2) is 13.2 Å². The third-order valence-corrected chi connectivity index (χ3v) is 3.68. The standard InChI is InChI=1S/C14H30N2/c1-6-7-8-9-10-11(2)12(3)13(4)14(15)16-5/h10,12-14,16H,6-9,15H2,1-5H3/b11-10-/t12-,13+,14?/m0/s1. The van der Waals surface area contributed by atoms with Crippen LogP contribution in [-0.2, 0) is 0 Å². The van der Waals surface area contributed by atoms with E-state index in [1.54, 1.807) is 0 Å². The first-order valence-corrected chi connectivity index (χ1v) is 6.64. The van der Waals surface area contributed by atoms with Crippen LogP contribution in [0.5, 0.6) is 0 Å². The van der Waals surface area contributed by atoms with E-state index in [4.69, 9.17) is 5.73 Å². The van der Waals surface area contributed by atoms with Gasteiger partial charge in [-0.2, -0.15) is 0 Å². The van der Waals surface area contributed by atoms with Crippen molar-refractivity contribution in [2.75, 3.05) is 7.05 Å². The molecular weight excluding hydrogens is 196 g/mol. The Morgan fingerprint density at radius 2 is 1.94 bits per heavy atom. The minimum absolute atomic E-state index is 0.0917. The Morgan fingerprint density at radius 1 is 1.31 bits per heavy atom. The van der Waals surface area contributed by atoms with Crippen molar-refractivity contribution in [3.05, 3.63) is 11.6 Å². The highest BCUT2D eigenvalue weighted by atomic mass is 15.0. The zero-order valence-electron chi connectivity index (χ0n) is 11.7. The van der Waals surface area contributed by atoms with Crippen LogP contribution in [0.25, 0.3) is 0 Å². The summed E-state index contributed by atoms with van der Waals surface area (Å²) in [6.07, 6.45) is 7.64. The van der Waals surface area contributed by atoms with E-state index in [1.807, 2.05) is 7.05 Å². The Kier molecular flexibility index (Phi) is 8.58. The van der Waals surface area contributed by atoms with Crippen LogP contribution in [0, 0.1) is 11.8 Å². The lowest BCUT2D eigenvalue weighted by Gasteiger charge is -2.26. The first-order valence-electron chi connectivity index (χ1n) is 6.64. The molecule has 0 fully saturated rings. The summed E-state index contributed by atoms with van der Waals surface area (Å²) in [5.74, 6) is 1.04. The SMILES string of the molecule is CCCCC/C=C(/C)[C@H](C)[C@@H](C)C(N)NC. The number of hydrogen-bond acceptors (Lipinski definition) is 2. The number of hydrogen-bond donors (Lipinski definition) is 2. The van der Waals surface area contributed by atoms with Crippen molar-refractivity contribution >= 4 is 0 Å². The van der Waals surface area contributed by atoms with Gasteiger partial charge in [0.05, 0.1) is 6.17 Å². The summed E-state index contributed by atoms with van der Waals surface area (Å²) in [7, 11) is 1.92. The summed E-state index contributed by atoms with van der Waals surface area (Å²) in [6, 6.07) is 0. The van der Waals surface area contributed by atoms with Gasteiger partial charge in [0.1, 0.15) is 0 Å². The van der Waals surface area contributed by atoms with Gasteiger partial charge in [-0.15, -0.1) is 0 Å². The second-order valence-corrected chi connectivity index (χ2v) is 4.91. The van der Waals surface area contributed by atoms with Crippen molar-refractivity contribution in [2.45, 2.75) is 59.5 Å². The van der Waals surface area contributed by atoms with Gasteiger partial charge >= 0.3 is 0 Å². The second kappa shape index (κ2) is 8.77. The van der Waals surface area contributed by atoms with Gasteiger partial charge in [-0.25, -0.2) is 0 Å². The molecule has 0 aliphatic rings. The van der Waals surface area contributed by atoms with Crippen LogP contribution in [0.1, 0.15) is 53.4 Å². The van der Waals surface area contributed by atoms with Crippen LogP contribution >= 0.6 is 0 Å². The second-order valence-electron chi connectivity index (χ2n) is 4.91. The van der Waals surface area contributed by atoms with Crippen LogP contribution in [0.2, 0.25) is 0 Å². The van der Waals surface area contributed by atoms with Crippen molar-refractivity contribution in [1.82, 2.24) is 5.32 Å². The third kappa shape index (κ3) is 5.66. The number of unbranched alkanes of at least 4 members (excludes halogenated alkanes) is 3. The third-order valence-electron chi connectivity index (χ3n) is 3.68. The van der Waals surface area contributed by atoms with Crippen molar-refractivity contribution in [1.29, 1.82) is 0 Å². The molecule has 0 heterocycles. The van der Waals surface area contributed by atoms with Crippen LogP contribution in [0.15, 0.2) is 11.6 Å². The zero-order chi connectivity index (χ0) is 12.6. The summed E-state index contributed by atoms with van der Waals surface area (Å²) in [4.78, 5) is 0.